The number of nitrogens with one attached hydrogen (secondary N) is 1. The van der Waals surface area contributed by atoms with Crippen molar-refractivity contribution in [2.75, 3.05) is 0 Å². The van der Waals surface area contributed by atoms with Crippen LogP contribution in [0.1, 0.15) is 30.1 Å². The van der Waals surface area contributed by atoms with E-state index in [1.165, 1.54) is 0 Å². The molecule has 7 heteroatoms. The Hall–Kier alpha value is -1.73. The van der Waals surface area contributed by atoms with Gasteiger partial charge in [-0.15, -0.1) is 0 Å². The van der Waals surface area contributed by atoms with E-state index in [4.69, 9.17) is 4.52 Å². The molecule has 19 heavy (non-hydrogen) atoms. The average molecular weight is 281 g/mol. The topological polar surface area (TPSA) is 85.1 Å². The minimum absolute atomic E-state index is 0.0929. The third-order valence-electron chi connectivity index (χ3n) is 2.70. The largest absolute Gasteiger partial charge is 0.360 e. The van der Waals surface area contributed by atoms with Crippen molar-refractivity contribution in [3.8, 4) is 0 Å². The van der Waals surface area contributed by atoms with E-state index >= 15 is 0 Å². The second-order valence-electron chi connectivity index (χ2n) is 4.25. The lowest BCUT2D eigenvalue weighted by molar-refractivity contribution is 0.390. The lowest BCUT2D eigenvalue weighted by Gasteiger charge is -2.13. The first-order valence-electron chi connectivity index (χ1n) is 5.78. The minimum atomic E-state index is -3.67. The van der Waals surface area contributed by atoms with Crippen molar-refractivity contribution in [2.45, 2.75) is 31.7 Å². The van der Waals surface area contributed by atoms with E-state index < -0.39 is 16.1 Å². The molecule has 0 bridgehead atoms. The molecule has 0 unspecified atom stereocenters. The van der Waals surface area contributed by atoms with Gasteiger partial charge in [-0.1, -0.05) is 11.2 Å². The van der Waals surface area contributed by atoms with Crippen molar-refractivity contribution in [1.82, 2.24) is 14.9 Å². The second kappa shape index (κ2) is 5.10. The molecule has 1 N–H and O–H groups in total. The number of nitrogens with zero attached hydrogens (tertiary/aromatic N) is 2. The van der Waals surface area contributed by atoms with Crippen LogP contribution < -0.4 is 4.72 Å². The highest BCUT2D eigenvalue weighted by molar-refractivity contribution is 7.89. The molecule has 0 amide bonds. The molecule has 102 valence electrons. The van der Waals surface area contributed by atoms with Crippen LogP contribution in [-0.4, -0.2) is 18.6 Å². The molecule has 2 rings (SSSR count). The predicted octanol–water partition coefficient (Wildman–Crippen LogP) is 1.73. The molecule has 0 aliphatic carbocycles. The summed E-state index contributed by atoms with van der Waals surface area (Å²) < 4.78 is 32.0. The third-order valence-corrected chi connectivity index (χ3v) is 4.48. The molecule has 2 heterocycles. The van der Waals surface area contributed by atoms with Crippen molar-refractivity contribution < 1.29 is 12.9 Å². The van der Waals surface area contributed by atoms with Crippen LogP contribution in [0.25, 0.3) is 0 Å². The molecular weight excluding hydrogens is 266 g/mol. The Morgan fingerprint density at radius 3 is 2.58 bits per heavy atom. The highest BCUT2D eigenvalue weighted by Crippen LogP contribution is 2.21. The lowest BCUT2D eigenvalue weighted by atomic mass is 10.2. The summed E-state index contributed by atoms with van der Waals surface area (Å²) in [4.78, 5) is 4.22. The zero-order valence-electron chi connectivity index (χ0n) is 10.9. The highest BCUT2D eigenvalue weighted by Gasteiger charge is 2.26. The molecule has 0 fully saturated rings. The molecule has 0 aliphatic heterocycles. The molecule has 0 radical (unpaired) electrons. The Morgan fingerprint density at radius 1 is 1.32 bits per heavy atom. The fourth-order valence-corrected chi connectivity index (χ4v) is 3.39. The molecule has 0 aliphatic rings. The lowest BCUT2D eigenvalue weighted by Crippen LogP contribution is -2.28. The van der Waals surface area contributed by atoms with Gasteiger partial charge in [0.15, 0.2) is 5.76 Å². The Labute approximate surface area is 111 Å². The van der Waals surface area contributed by atoms with Gasteiger partial charge in [-0.25, -0.2) is 13.1 Å². The summed E-state index contributed by atoms with van der Waals surface area (Å²) in [7, 11) is -3.67. The fraction of sp³-hybridized carbons (Fsp3) is 0.333. The average Bonchev–Trinajstić information content (AvgIpc) is 2.70. The zero-order chi connectivity index (χ0) is 14.0. The maximum Gasteiger partial charge on any atom is 0.246 e. The van der Waals surface area contributed by atoms with Crippen molar-refractivity contribution >= 4 is 10.0 Å². The summed E-state index contributed by atoms with van der Waals surface area (Å²) in [6.45, 7) is 4.90. The van der Waals surface area contributed by atoms with Gasteiger partial charge in [0.05, 0.1) is 11.7 Å². The van der Waals surface area contributed by atoms with Crippen LogP contribution in [0.3, 0.4) is 0 Å². The predicted molar refractivity (Wildman–Crippen MR) is 69.0 cm³/mol. The number of rotatable bonds is 4. The van der Waals surface area contributed by atoms with Gasteiger partial charge in [-0.2, -0.15) is 0 Å². The first-order valence-corrected chi connectivity index (χ1v) is 7.26. The summed E-state index contributed by atoms with van der Waals surface area (Å²) in [5, 5.41) is 3.65. The summed E-state index contributed by atoms with van der Waals surface area (Å²) in [5.41, 5.74) is 0.996. The van der Waals surface area contributed by atoms with Gasteiger partial charge in [-0.05, 0) is 32.9 Å². The smallest absolute Gasteiger partial charge is 0.246 e. The maximum absolute atomic E-state index is 12.3. The third kappa shape index (κ3) is 2.82. The number of hydrogen-bond donors (Lipinski definition) is 1. The normalized spacial score (nSPS) is 13.4. The van der Waals surface area contributed by atoms with Crippen molar-refractivity contribution in [2.24, 2.45) is 0 Å². The zero-order valence-corrected chi connectivity index (χ0v) is 11.7. The minimum Gasteiger partial charge on any atom is -0.360 e. The summed E-state index contributed by atoms with van der Waals surface area (Å²) >= 11 is 0. The molecule has 1 atom stereocenters. The Balaban J connectivity index is 2.28. The van der Waals surface area contributed by atoms with Crippen LogP contribution in [0.15, 0.2) is 33.8 Å². The number of aromatic nitrogens is 2. The van der Waals surface area contributed by atoms with Crippen LogP contribution in [0.5, 0.6) is 0 Å². The van der Waals surface area contributed by atoms with Gasteiger partial charge in [0, 0.05) is 6.20 Å². The Morgan fingerprint density at radius 2 is 2.05 bits per heavy atom. The SMILES string of the molecule is Cc1noc(C)c1S(=O)(=O)N[C@H](C)c1ccccn1. The number of aryl methyl sites for hydroxylation is 2. The van der Waals surface area contributed by atoms with E-state index in [-0.39, 0.29) is 10.7 Å². The van der Waals surface area contributed by atoms with Crippen molar-refractivity contribution in [3.05, 3.63) is 41.5 Å². The molecular formula is C12H15N3O3S. The maximum atomic E-state index is 12.3. The number of pyridine rings is 1. The fourth-order valence-electron chi connectivity index (χ4n) is 1.84. The number of hydrogen-bond acceptors (Lipinski definition) is 5. The van der Waals surface area contributed by atoms with Gasteiger partial charge in [-0.3, -0.25) is 4.98 Å². The van der Waals surface area contributed by atoms with Gasteiger partial charge < -0.3 is 4.52 Å². The van der Waals surface area contributed by atoms with Crippen LogP contribution in [0.2, 0.25) is 0 Å². The Kier molecular flexibility index (Phi) is 3.68. The van der Waals surface area contributed by atoms with Crippen LogP contribution in [-0.2, 0) is 10.0 Å². The monoisotopic (exact) mass is 281 g/mol. The van der Waals surface area contributed by atoms with Crippen LogP contribution in [0, 0.1) is 13.8 Å². The van der Waals surface area contributed by atoms with E-state index in [1.54, 1.807) is 39.1 Å². The summed E-state index contributed by atoms with van der Waals surface area (Å²) in [6.07, 6.45) is 1.62. The standard InChI is InChI=1S/C12H15N3O3S/c1-8(11-6-4-5-7-13-11)15-19(16,17)12-9(2)14-18-10(12)3/h4-8,15H,1-3H3/t8-/m1/s1. The van der Waals surface area contributed by atoms with Crippen LogP contribution >= 0.6 is 0 Å². The first kappa shape index (κ1) is 13.7. The molecule has 2 aromatic rings. The van der Waals surface area contributed by atoms with Gasteiger partial charge in [0.1, 0.15) is 10.6 Å². The van der Waals surface area contributed by atoms with Gasteiger partial charge in [0.2, 0.25) is 10.0 Å². The van der Waals surface area contributed by atoms with E-state index in [2.05, 4.69) is 14.9 Å². The van der Waals surface area contributed by atoms with Crippen LogP contribution in [0.4, 0.5) is 0 Å². The number of sulfonamides is 1. The molecule has 0 aromatic carbocycles. The van der Waals surface area contributed by atoms with E-state index in [9.17, 15) is 8.42 Å². The molecule has 0 spiro atoms. The van der Waals surface area contributed by atoms with Crippen molar-refractivity contribution in [1.29, 1.82) is 0 Å². The highest BCUT2D eigenvalue weighted by atomic mass is 32.2. The molecule has 6 nitrogen and oxygen atoms in total. The van der Waals surface area contributed by atoms with E-state index in [0.717, 1.165) is 0 Å². The van der Waals surface area contributed by atoms with Gasteiger partial charge in [0.25, 0.3) is 0 Å². The molecule has 0 saturated heterocycles. The molecule has 2 aromatic heterocycles. The quantitative estimate of drug-likeness (QED) is 0.922. The summed E-state index contributed by atoms with van der Waals surface area (Å²) in [6, 6.07) is 4.92. The second-order valence-corrected chi connectivity index (χ2v) is 5.90. The summed E-state index contributed by atoms with van der Waals surface area (Å²) in [5.74, 6) is 0.276. The first-order chi connectivity index (χ1) is 8.92. The van der Waals surface area contributed by atoms with Crippen molar-refractivity contribution in [3.63, 3.8) is 0 Å². The van der Waals surface area contributed by atoms with E-state index in [0.29, 0.717) is 11.4 Å². The van der Waals surface area contributed by atoms with Gasteiger partial charge >= 0.3 is 0 Å². The molecule has 0 saturated carbocycles. The Bertz CT molecular complexity index is 645. The van der Waals surface area contributed by atoms with E-state index in [1.807, 2.05) is 6.07 Å².